The van der Waals surface area contributed by atoms with Gasteiger partial charge in [0.1, 0.15) is 0 Å². The van der Waals surface area contributed by atoms with E-state index in [0.29, 0.717) is 13.0 Å². The first kappa shape index (κ1) is 18.4. The van der Waals surface area contributed by atoms with Crippen LogP contribution in [0.25, 0.3) is 0 Å². The van der Waals surface area contributed by atoms with E-state index in [1.54, 1.807) is 0 Å². The van der Waals surface area contributed by atoms with Gasteiger partial charge in [0.2, 0.25) is 5.91 Å². The highest BCUT2D eigenvalue weighted by Crippen LogP contribution is 2.19. The summed E-state index contributed by atoms with van der Waals surface area (Å²) >= 11 is 0. The maximum Gasteiger partial charge on any atom is 0.225 e. The van der Waals surface area contributed by atoms with E-state index in [1.165, 1.54) is 6.61 Å². The van der Waals surface area contributed by atoms with Crippen LogP contribution in [0.15, 0.2) is 0 Å². The molecule has 0 aliphatic rings. The largest absolute Gasteiger partial charge is 0.759 e. The molecular formula is C14H29N2O3-. The fourth-order valence-electron chi connectivity index (χ4n) is 1.63. The predicted octanol–water partition coefficient (Wildman–Crippen LogP) is 0.849. The molecule has 0 aromatic rings. The fraction of sp³-hybridized carbons (Fsp3) is 0.857. The molecule has 0 saturated carbocycles. The molecule has 5 nitrogen and oxygen atoms in total. The zero-order chi connectivity index (χ0) is 14.9. The van der Waals surface area contributed by atoms with Gasteiger partial charge in [-0.05, 0) is 12.8 Å². The number of hydrogen-bond donors (Lipinski definition) is 1. The number of likely N-dealkylation sites (N-methyl/N-ethyl adjacent to an activating group) is 1. The Kier molecular flexibility index (Phi) is 8.22. The molecule has 0 radical (unpaired) electrons. The number of quaternary nitrogens is 1. The number of carbonyl (C=O) groups excluding carboxylic acids is 1. The second-order valence-corrected chi connectivity index (χ2v) is 6.28. The molecule has 0 atom stereocenters. The second kappa shape index (κ2) is 8.51. The average molecular weight is 273 g/mol. The summed E-state index contributed by atoms with van der Waals surface area (Å²) in [5.41, 5.74) is -0.294. The van der Waals surface area contributed by atoms with Crippen LogP contribution < -0.4 is 10.6 Å². The third-order valence-electron chi connectivity index (χ3n) is 3.65. The van der Waals surface area contributed by atoms with Crippen LogP contribution in [0.1, 0.15) is 40.0 Å². The van der Waals surface area contributed by atoms with Gasteiger partial charge in [-0.25, -0.2) is 6.61 Å². The predicted molar refractivity (Wildman–Crippen MR) is 73.5 cm³/mol. The van der Waals surface area contributed by atoms with E-state index in [-0.39, 0.29) is 11.3 Å². The van der Waals surface area contributed by atoms with Crippen LogP contribution in [-0.2, 0) is 9.68 Å². The molecule has 0 rings (SSSR count). The summed E-state index contributed by atoms with van der Waals surface area (Å²) in [6, 6.07) is 0. The number of nitrogens with one attached hydrogen (secondary N) is 1. The molecule has 5 heteroatoms. The lowest BCUT2D eigenvalue weighted by Gasteiger charge is -2.31. The van der Waals surface area contributed by atoms with Crippen molar-refractivity contribution >= 4 is 5.91 Å². The standard InChI is InChI=1S/C14H30N2O3/c1-6-14(2,3)13(17)15-9-11-16(4,5)10-7-8-12-19-18/h12,18H,6-11H2,1-5H3,(H,15,17)/p-1. The molecule has 0 bridgehead atoms. The van der Waals surface area contributed by atoms with Crippen molar-refractivity contribution in [3.05, 3.63) is 6.61 Å². The summed E-state index contributed by atoms with van der Waals surface area (Å²) in [5, 5.41) is 12.8. The van der Waals surface area contributed by atoms with E-state index < -0.39 is 0 Å². The minimum absolute atomic E-state index is 0.114. The Labute approximate surface area is 117 Å². The summed E-state index contributed by atoms with van der Waals surface area (Å²) < 4.78 is 0.819. The molecule has 1 N–H and O–H groups in total. The first-order valence-corrected chi connectivity index (χ1v) is 6.96. The number of carbonyl (C=O) groups is 1. The van der Waals surface area contributed by atoms with E-state index in [0.717, 1.165) is 30.4 Å². The Hall–Kier alpha value is -0.650. The Bertz CT molecular complexity index is 265. The number of amides is 1. The summed E-state index contributed by atoms with van der Waals surface area (Å²) in [7, 11) is 4.24. The fourth-order valence-corrected chi connectivity index (χ4v) is 1.63. The number of unbranched alkanes of at least 4 members (excludes halogenated alkanes) is 1. The Morgan fingerprint density at radius 1 is 1.37 bits per heavy atom. The highest BCUT2D eigenvalue weighted by Gasteiger charge is 2.25. The van der Waals surface area contributed by atoms with E-state index in [2.05, 4.69) is 24.3 Å². The van der Waals surface area contributed by atoms with Gasteiger partial charge < -0.3 is 19.9 Å². The molecule has 1 amide bonds. The van der Waals surface area contributed by atoms with E-state index in [4.69, 9.17) is 0 Å². The third-order valence-corrected chi connectivity index (χ3v) is 3.65. The van der Waals surface area contributed by atoms with Crippen LogP contribution in [0.5, 0.6) is 0 Å². The third kappa shape index (κ3) is 8.18. The normalized spacial score (nSPS) is 12.5. The van der Waals surface area contributed by atoms with Crippen LogP contribution in [-0.4, -0.2) is 44.1 Å². The van der Waals surface area contributed by atoms with Gasteiger partial charge in [-0.2, -0.15) is 6.42 Å². The van der Waals surface area contributed by atoms with Crippen molar-refractivity contribution in [1.29, 1.82) is 0 Å². The highest BCUT2D eigenvalue weighted by atomic mass is 17.1. The van der Waals surface area contributed by atoms with Crippen LogP contribution in [0.4, 0.5) is 0 Å². The molecule has 19 heavy (non-hydrogen) atoms. The zero-order valence-electron chi connectivity index (χ0n) is 13.0. The van der Waals surface area contributed by atoms with Gasteiger partial charge in [-0.3, -0.25) is 4.79 Å². The van der Waals surface area contributed by atoms with Crippen LogP contribution in [0.3, 0.4) is 0 Å². The molecule has 0 unspecified atom stereocenters. The minimum atomic E-state index is -0.294. The molecule has 0 aliphatic heterocycles. The second-order valence-electron chi connectivity index (χ2n) is 6.28. The quantitative estimate of drug-likeness (QED) is 0.211. The SMILES string of the molecule is CCC(C)(C)C(=O)NCC[N+](C)(C)CCC[CH-]O[O-]. The minimum Gasteiger partial charge on any atom is -0.759 e. The van der Waals surface area contributed by atoms with Crippen LogP contribution in [0, 0.1) is 12.0 Å². The van der Waals surface area contributed by atoms with Crippen LogP contribution in [0.2, 0.25) is 0 Å². The van der Waals surface area contributed by atoms with Gasteiger partial charge in [0.25, 0.3) is 0 Å². The van der Waals surface area contributed by atoms with Crippen molar-refractivity contribution < 1.29 is 19.4 Å². The molecule has 0 spiro atoms. The molecule has 0 fully saturated rings. The van der Waals surface area contributed by atoms with Gasteiger partial charge in [-0.15, -0.1) is 0 Å². The van der Waals surface area contributed by atoms with E-state index in [9.17, 15) is 10.1 Å². The first-order chi connectivity index (χ1) is 8.75. The Morgan fingerprint density at radius 2 is 2.00 bits per heavy atom. The van der Waals surface area contributed by atoms with Gasteiger partial charge in [-0.1, -0.05) is 20.8 Å². The average Bonchev–Trinajstić information content (AvgIpc) is 2.34. The van der Waals surface area contributed by atoms with Crippen molar-refractivity contribution in [2.75, 3.05) is 33.7 Å². The molecule has 0 saturated heterocycles. The Balaban J connectivity index is 3.88. The zero-order valence-corrected chi connectivity index (χ0v) is 13.0. The van der Waals surface area contributed by atoms with Gasteiger partial charge in [0.05, 0.1) is 33.7 Å². The maximum atomic E-state index is 11.9. The van der Waals surface area contributed by atoms with Crippen molar-refractivity contribution in [2.45, 2.75) is 40.0 Å². The van der Waals surface area contributed by atoms with Crippen molar-refractivity contribution in [3.63, 3.8) is 0 Å². The number of rotatable bonds is 10. The van der Waals surface area contributed by atoms with Crippen molar-refractivity contribution in [1.82, 2.24) is 5.32 Å². The summed E-state index contributed by atoms with van der Waals surface area (Å²) in [6.07, 6.45) is 2.41. The highest BCUT2D eigenvalue weighted by molar-refractivity contribution is 5.81. The number of hydrogen-bond acceptors (Lipinski definition) is 3. The molecule has 0 aliphatic carbocycles. The number of nitrogens with zero attached hydrogens (tertiary/aromatic N) is 1. The molecular weight excluding hydrogens is 244 g/mol. The maximum absolute atomic E-state index is 11.9. The van der Waals surface area contributed by atoms with Crippen LogP contribution >= 0.6 is 0 Å². The summed E-state index contributed by atoms with van der Waals surface area (Å²) in [4.78, 5) is 15.6. The molecule has 0 heterocycles. The lowest BCUT2D eigenvalue weighted by Crippen LogP contribution is -2.47. The smallest absolute Gasteiger partial charge is 0.225 e. The Morgan fingerprint density at radius 3 is 2.53 bits per heavy atom. The summed E-state index contributed by atoms with van der Waals surface area (Å²) in [6.45, 7) is 9.73. The monoisotopic (exact) mass is 273 g/mol. The summed E-state index contributed by atoms with van der Waals surface area (Å²) in [5.74, 6) is 0.114. The van der Waals surface area contributed by atoms with Gasteiger partial charge in [0.15, 0.2) is 0 Å². The topological polar surface area (TPSA) is 61.4 Å². The van der Waals surface area contributed by atoms with Crippen molar-refractivity contribution in [3.8, 4) is 0 Å². The lowest BCUT2D eigenvalue weighted by molar-refractivity contribution is -0.889. The van der Waals surface area contributed by atoms with Gasteiger partial charge >= 0.3 is 0 Å². The van der Waals surface area contributed by atoms with E-state index >= 15 is 0 Å². The molecule has 0 aromatic heterocycles. The van der Waals surface area contributed by atoms with E-state index in [1.807, 2.05) is 20.8 Å². The molecule has 114 valence electrons. The lowest BCUT2D eigenvalue weighted by atomic mass is 9.89. The van der Waals surface area contributed by atoms with Gasteiger partial charge in [0, 0.05) is 5.41 Å². The van der Waals surface area contributed by atoms with Crippen molar-refractivity contribution in [2.24, 2.45) is 5.41 Å². The first-order valence-electron chi connectivity index (χ1n) is 6.96. The molecule has 0 aromatic carbocycles.